The maximum absolute atomic E-state index is 10.8. The van der Waals surface area contributed by atoms with E-state index in [9.17, 15) is 4.79 Å². The molecule has 0 radical (unpaired) electrons. The van der Waals surface area contributed by atoms with E-state index in [4.69, 9.17) is 9.84 Å². The van der Waals surface area contributed by atoms with Crippen LogP contribution in [0.15, 0.2) is 59.0 Å². The average molecular weight is 353 g/mol. The highest BCUT2D eigenvalue weighted by molar-refractivity contribution is 7.14. The molecule has 3 rings (SSSR count). The van der Waals surface area contributed by atoms with Gasteiger partial charge in [0.25, 0.3) is 0 Å². The van der Waals surface area contributed by atoms with Crippen LogP contribution in [-0.4, -0.2) is 29.4 Å². The maximum atomic E-state index is 10.8. The minimum absolute atomic E-state index is 0.242. The van der Waals surface area contributed by atoms with Gasteiger partial charge in [-0.2, -0.15) is 5.10 Å². The molecule has 6 nitrogen and oxygen atoms in total. The largest absolute Gasteiger partial charge is 0.496 e. The lowest BCUT2D eigenvalue weighted by Crippen LogP contribution is -1.96. The number of nitrogens with one attached hydrogen (secondary N) is 1. The summed E-state index contributed by atoms with van der Waals surface area (Å²) in [5, 5.41) is 15.6. The molecule has 0 fully saturated rings. The summed E-state index contributed by atoms with van der Waals surface area (Å²) in [6.07, 6.45) is 1.61. The minimum Gasteiger partial charge on any atom is -0.496 e. The van der Waals surface area contributed by atoms with Gasteiger partial charge in [-0.3, -0.25) is 5.43 Å². The molecule has 0 saturated carbocycles. The van der Waals surface area contributed by atoms with Gasteiger partial charge in [-0.05, 0) is 29.8 Å². The lowest BCUT2D eigenvalue weighted by Gasteiger charge is -2.04. The first-order chi connectivity index (χ1) is 12.2. The summed E-state index contributed by atoms with van der Waals surface area (Å²) < 4.78 is 5.35. The Morgan fingerprint density at radius 2 is 2.00 bits per heavy atom. The molecule has 2 aromatic carbocycles. The first-order valence-corrected chi connectivity index (χ1v) is 8.26. The zero-order valence-corrected chi connectivity index (χ0v) is 14.2. The summed E-state index contributed by atoms with van der Waals surface area (Å²) in [5.74, 6) is -0.186. The topological polar surface area (TPSA) is 83.8 Å². The molecule has 1 heterocycles. The van der Waals surface area contributed by atoms with Crippen molar-refractivity contribution in [1.82, 2.24) is 4.98 Å². The Morgan fingerprint density at radius 1 is 1.24 bits per heavy atom. The van der Waals surface area contributed by atoms with E-state index in [1.165, 1.54) is 23.5 Å². The number of methoxy groups -OCH3 is 1. The number of carboxylic acids is 1. The third kappa shape index (κ3) is 4.02. The third-order valence-electron chi connectivity index (χ3n) is 3.42. The lowest BCUT2D eigenvalue weighted by molar-refractivity contribution is 0.0697. The molecule has 0 spiro atoms. The molecule has 0 atom stereocenters. The third-order valence-corrected chi connectivity index (χ3v) is 4.17. The summed E-state index contributed by atoms with van der Waals surface area (Å²) in [6, 6.07) is 14.1. The van der Waals surface area contributed by atoms with E-state index in [-0.39, 0.29) is 5.56 Å². The molecule has 0 aliphatic carbocycles. The summed E-state index contributed by atoms with van der Waals surface area (Å²) in [6.45, 7) is 0. The Labute approximate surface area is 148 Å². The first kappa shape index (κ1) is 16.7. The zero-order chi connectivity index (χ0) is 17.6. The van der Waals surface area contributed by atoms with Crippen molar-refractivity contribution in [1.29, 1.82) is 0 Å². The smallest absolute Gasteiger partial charge is 0.335 e. The van der Waals surface area contributed by atoms with Gasteiger partial charge in [-0.15, -0.1) is 11.3 Å². The first-order valence-electron chi connectivity index (χ1n) is 7.39. The number of hydrogen-bond donors (Lipinski definition) is 2. The number of hydrogen-bond acceptors (Lipinski definition) is 6. The van der Waals surface area contributed by atoms with E-state index in [1.54, 1.807) is 25.5 Å². The molecule has 3 aromatic rings. The average Bonchev–Trinajstić information content (AvgIpc) is 3.11. The second-order valence-electron chi connectivity index (χ2n) is 5.04. The maximum Gasteiger partial charge on any atom is 0.335 e. The predicted octanol–water partition coefficient (Wildman–Crippen LogP) is 3.96. The number of aromatic carboxylic acids is 1. The van der Waals surface area contributed by atoms with Gasteiger partial charge in [-0.25, -0.2) is 9.78 Å². The van der Waals surface area contributed by atoms with E-state index < -0.39 is 5.97 Å². The van der Waals surface area contributed by atoms with Gasteiger partial charge in [0.05, 0.1) is 24.6 Å². The Bertz CT molecular complexity index is 904. The second kappa shape index (κ2) is 7.59. The van der Waals surface area contributed by atoms with Gasteiger partial charge in [0.1, 0.15) is 5.75 Å². The molecular weight excluding hydrogens is 338 g/mol. The number of thiazole rings is 1. The number of hydrazone groups is 1. The van der Waals surface area contributed by atoms with Crippen molar-refractivity contribution in [3.8, 4) is 17.0 Å². The van der Waals surface area contributed by atoms with Gasteiger partial charge < -0.3 is 9.84 Å². The fourth-order valence-electron chi connectivity index (χ4n) is 2.18. The Balaban J connectivity index is 1.68. The van der Waals surface area contributed by atoms with Crippen LogP contribution in [-0.2, 0) is 0 Å². The molecule has 0 bridgehead atoms. The van der Waals surface area contributed by atoms with Crippen LogP contribution in [0.4, 0.5) is 5.13 Å². The van der Waals surface area contributed by atoms with Gasteiger partial charge in [-0.1, -0.05) is 24.3 Å². The molecule has 0 aliphatic heterocycles. The number of carboxylic acid groups (broad SMARTS) is 1. The minimum atomic E-state index is -0.951. The normalized spacial score (nSPS) is 10.8. The SMILES string of the molecule is COc1ccccc1-c1csc(N/N=C\c2ccc(C(=O)O)cc2)n1. The number of ether oxygens (including phenoxy) is 1. The molecule has 25 heavy (non-hydrogen) atoms. The highest BCUT2D eigenvalue weighted by Crippen LogP contribution is 2.31. The summed E-state index contributed by atoms with van der Waals surface area (Å²) in [7, 11) is 1.63. The molecule has 126 valence electrons. The number of carbonyl (C=O) groups is 1. The number of para-hydroxylation sites is 1. The fourth-order valence-corrected chi connectivity index (χ4v) is 2.84. The Hall–Kier alpha value is -3.19. The van der Waals surface area contributed by atoms with Crippen LogP contribution in [0.25, 0.3) is 11.3 Å². The highest BCUT2D eigenvalue weighted by Gasteiger charge is 2.08. The van der Waals surface area contributed by atoms with Crippen molar-refractivity contribution >= 4 is 28.7 Å². The van der Waals surface area contributed by atoms with E-state index in [2.05, 4.69) is 15.5 Å². The molecule has 1 aromatic heterocycles. The van der Waals surface area contributed by atoms with E-state index >= 15 is 0 Å². The van der Waals surface area contributed by atoms with Crippen LogP contribution in [0.2, 0.25) is 0 Å². The van der Waals surface area contributed by atoms with Crippen molar-refractivity contribution in [2.75, 3.05) is 12.5 Å². The van der Waals surface area contributed by atoms with Crippen molar-refractivity contribution in [3.63, 3.8) is 0 Å². The second-order valence-corrected chi connectivity index (χ2v) is 5.89. The van der Waals surface area contributed by atoms with Crippen LogP contribution in [0.1, 0.15) is 15.9 Å². The van der Waals surface area contributed by atoms with Crippen LogP contribution < -0.4 is 10.2 Å². The predicted molar refractivity (Wildman–Crippen MR) is 98.7 cm³/mol. The van der Waals surface area contributed by atoms with Crippen molar-refractivity contribution in [3.05, 3.63) is 65.0 Å². The molecule has 0 saturated heterocycles. The van der Waals surface area contributed by atoms with E-state index in [0.717, 1.165) is 22.6 Å². The fraction of sp³-hybridized carbons (Fsp3) is 0.0556. The monoisotopic (exact) mass is 353 g/mol. The number of benzene rings is 2. The standard InChI is InChI=1S/C18H15N3O3S/c1-24-16-5-3-2-4-14(16)15-11-25-18(20-15)21-19-10-12-6-8-13(9-7-12)17(22)23/h2-11H,1H3,(H,20,21)(H,22,23)/b19-10-. The van der Waals surface area contributed by atoms with Crippen LogP contribution >= 0.6 is 11.3 Å². The summed E-state index contributed by atoms with van der Waals surface area (Å²) in [5.41, 5.74) is 5.64. The van der Waals surface area contributed by atoms with Gasteiger partial charge in [0.15, 0.2) is 0 Å². The number of rotatable bonds is 6. The van der Waals surface area contributed by atoms with Crippen molar-refractivity contribution in [2.45, 2.75) is 0 Å². The number of aromatic nitrogens is 1. The van der Waals surface area contributed by atoms with Gasteiger partial charge in [0.2, 0.25) is 5.13 Å². The lowest BCUT2D eigenvalue weighted by atomic mass is 10.1. The molecule has 2 N–H and O–H groups in total. The molecule has 7 heteroatoms. The van der Waals surface area contributed by atoms with Crippen LogP contribution in [0, 0.1) is 0 Å². The number of anilines is 1. The summed E-state index contributed by atoms with van der Waals surface area (Å²) in [4.78, 5) is 15.3. The Kier molecular flexibility index (Phi) is 5.06. The van der Waals surface area contributed by atoms with E-state index in [0.29, 0.717) is 5.13 Å². The molecule has 0 aliphatic rings. The highest BCUT2D eigenvalue weighted by atomic mass is 32.1. The molecule has 0 amide bonds. The van der Waals surface area contributed by atoms with Crippen LogP contribution in [0.5, 0.6) is 5.75 Å². The number of nitrogens with zero attached hydrogens (tertiary/aromatic N) is 2. The quantitative estimate of drug-likeness (QED) is 0.517. The summed E-state index contributed by atoms with van der Waals surface area (Å²) >= 11 is 1.44. The van der Waals surface area contributed by atoms with Gasteiger partial charge >= 0.3 is 5.97 Å². The molecule has 0 unspecified atom stereocenters. The van der Waals surface area contributed by atoms with E-state index in [1.807, 2.05) is 29.6 Å². The molecular formula is C18H15N3O3S. The van der Waals surface area contributed by atoms with Crippen LogP contribution in [0.3, 0.4) is 0 Å². The zero-order valence-electron chi connectivity index (χ0n) is 13.3. The Morgan fingerprint density at radius 3 is 2.72 bits per heavy atom. The van der Waals surface area contributed by atoms with Crippen molar-refractivity contribution in [2.24, 2.45) is 5.10 Å². The van der Waals surface area contributed by atoms with Crippen molar-refractivity contribution < 1.29 is 14.6 Å². The van der Waals surface area contributed by atoms with Gasteiger partial charge in [0, 0.05) is 10.9 Å².